The van der Waals surface area contributed by atoms with E-state index in [0.717, 1.165) is 0 Å². The number of hydrogen-bond donors (Lipinski definition) is 3. The molecule has 2 rings (SSSR count). The van der Waals surface area contributed by atoms with Crippen molar-refractivity contribution in [2.45, 2.75) is 31.1 Å². The SMILES string of the molecule is CC(=O)Nc1ccc(S(=O)(=O)N2CCC(C(=O)NCCC(=O)O)CC2)cc1. The minimum Gasteiger partial charge on any atom is -0.481 e. The van der Waals surface area contributed by atoms with Gasteiger partial charge < -0.3 is 15.7 Å². The highest BCUT2D eigenvalue weighted by molar-refractivity contribution is 7.89. The summed E-state index contributed by atoms with van der Waals surface area (Å²) in [6.45, 7) is 1.86. The van der Waals surface area contributed by atoms with Crippen LogP contribution in [0.2, 0.25) is 0 Å². The van der Waals surface area contributed by atoms with E-state index in [1.54, 1.807) is 0 Å². The molecule has 1 fully saturated rings. The normalized spacial score (nSPS) is 15.9. The van der Waals surface area contributed by atoms with E-state index >= 15 is 0 Å². The van der Waals surface area contributed by atoms with Crippen LogP contribution in [0.5, 0.6) is 0 Å². The fraction of sp³-hybridized carbons (Fsp3) is 0.471. The Kier molecular flexibility index (Phi) is 6.92. The zero-order valence-electron chi connectivity index (χ0n) is 15.0. The molecule has 0 saturated carbocycles. The van der Waals surface area contributed by atoms with E-state index in [2.05, 4.69) is 10.6 Å². The molecule has 0 radical (unpaired) electrons. The average Bonchev–Trinajstić information content (AvgIpc) is 2.61. The van der Waals surface area contributed by atoms with Crippen molar-refractivity contribution in [2.75, 3.05) is 25.0 Å². The largest absolute Gasteiger partial charge is 0.481 e. The number of anilines is 1. The first kappa shape index (κ1) is 20.8. The fourth-order valence-electron chi connectivity index (χ4n) is 2.86. The molecule has 148 valence electrons. The minimum absolute atomic E-state index is 0.0628. The zero-order valence-corrected chi connectivity index (χ0v) is 15.8. The number of rotatable bonds is 7. The molecular formula is C17H23N3O6S. The van der Waals surface area contributed by atoms with Gasteiger partial charge in [0.1, 0.15) is 0 Å². The molecule has 10 heteroatoms. The lowest BCUT2D eigenvalue weighted by Gasteiger charge is -2.30. The summed E-state index contributed by atoms with van der Waals surface area (Å²) in [5, 5.41) is 13.7. The number of aliphatic carboxylic acids is 1. The highest BCUT2D eigenvalue weighted by atomic mass is 32.2. The number of carbonyl (C=O) groups excluding carboxylic acids is 2. The maximum absolute atomic E-state index is 12.7. The molecule has 0 aliphatic carbocycles. The van der Waals surface area contributed by atoms with Crippen molar-refractivity contribution < 1.29 is 27.9 Å². The van der Waals surface area contributed by atoms with E-state index in [-0.39, 0.29) is 48.7 Å². The third-order valence-corrected chi connectivity index (χ3v) is 6.19. The lowest BCUT2D eigenvalue weighted by molar-refractivity contribution is -0.137. The van der Waals surface area contributed by atoms with Gasteiger partial charge in [0.2, 0.25) is 21.8 Å². The molecule has 0 bridgehead atoms. The van der Waals surface area contributed by atoms with Gasteiger partial charge in [-0.15, -0.1) is 0 Å². The first-order valence-corrected chi connectivity index (χ1v) is 10.0. The quantitative estimate of drug-likeness (QED) is 0.618. The first-order valence-electron chi connectivity index (χ1n) is 8.57. The Bertz CT molecular complexity index is 798. The Labute approximate surface area is 157 Å². The van der Waals surface area contributed by atoms with Crippen molar-refractivity contribution in [3.05, 3.63) is 24.3 Å². The Hall–Kier alpha value is -2.46. The van der Waals surface area contributed by atoms with Gasteiger partial charge in [-0.3, -0.25) is 14.4 Å². The second-order valence-corrected chi connectivity index (χ2v) is 8.26. The summed E-state index contributed by atoms with van der Waals surface area (Å²) in [4.78, 5) is 33.7. The molecule has 2 amide bonds. The maximum atomic E-state index is 12.7. The Morgan fingerprint density at radius 1 is 1.15 bits per heavy atom. The molecule has 0 aromatic heterocycles. The standard InChI is InChI=1S/C17H23N3O6S/c1-12(21)19-14-2-4-15(5-3-14)27(25,26)20-10-7-13(8-11-20)17(24)18-9-6-16(22)23/h2-5,13H,6-11H2,1H3,(H,18,24)(H,19,21)(H,22,23). The van der Waals surface area contributed by atoms with Crippen LogP contribution >= 0.6 is 0 Å². The highest BCUT2D eigenvalue weighted by Gasteiger charge is 2.32. The summed E-state index contributed by atoms with van der Waals surface area (Å²) in [6.07, 6.45) is 0.609. The summed E-state index contributed by atoms with van der Waals surface area (Å²) in [5.74, 6) is -1.80. The number of sulfonamides is 1. The van der Waals surface area contributed by atoms with E-state index in [1.165, 1.54) is 35.5 Å². The van der Waals surface area contributed by atoms with Crippen LogP contribution in [0, 0.1) is 5.92 Å². The molecule has 1 aliphatic heterocycles. The van der Waals surface area contributed by atoms with Gasteiger partial charge in [-0.25, -0.2) is 8.42 Å². The molecular weight excluding hydrogens is 374 g/mol. The van der Waals surface area contributed by atoms with Crippen molar-refractivity contribution >= 4 is 33.5 Å². The number of nitrogens with zero attached hydrogens (tertiary/aromatic N) is 1. The molecule has 1 heterocycles. The predicted molar refractivity (Wildman–Crippen MR) is 97.5 cm³/mol. The van der Waals surface area contributed by atoms with Crippen molar-refractivity contribution in [3.8, 4) is 0 Å². The lowest BCUT2D eigenvalue weighted by Crippen LogP contribution is -2.43. The third-order valence-electron chi connectivity index (χ3n) is 4.28. The Morgan fingerprint density at radius 3 is 2.26 bits per heavy atom. The van der Waals surface area contributed by atoms with E-state index in [1.807, 2.05) is 0 Å². The van der Waals surface area contributed by atoms with Crippen molar-refractivity contribution in [1.82, 2.24) is 9.62 Å². The molecule has 9 nitrogen and oxygen atoms in total. The van der Waals surface area contributed by atoms with Gasteiger partial charge in [-0.2, -0.15) is 4.31 Å². The molecule has 1 aromatic rings. The topological polar surface area (TPSA) is 133 Å². The van der Waals surface area contributed by atoms with Crippen molar-refractivity contribution in [1.29, 1.82) is 0 Å². The summed E-state index contributed by atoms with van der Waals surface area (Å²) < 4.78 is 26.8. The van der Waals surface area contributed by atoms with Gasteiger partial charge in [0, 0.05) is 38.2 Å². The van der Waals surface area contributed by atoms with E-state index in [4.69, 9.17) is 5.11 Å². The van der Waals surface area contributed by atoms with Crippen molar-refractivity contribution in [2.24, 2.45) is 5.92 Å². The van der Waals surface area contributed by atoms with Crippen LogP contribution in [0.1, 0.15) is 26.2 Å². The monoisotopic (exact) mass is 397 g/mol. The Morgan fingerprint density at radius 2 is 1.74 bits per heavy atom. The van der Waals surface area contributed by atoms with Crippen LogP contribution in [0.3, 0.4) is 0 Å². The van der Waals surface area contributed by atoms with Gasteiger partial charge in [0.25, 0.3) is 0 Å². The predicted octanol–water partition coefficient (Wildman–Crippen LogP) is 0.637. The van der Waals surface area contributed by atoms with Crippen LogP contribution in [0.25, 0.3) is 0 Å². The molecule has 27 heavy (non-hydrogen) atoms. The molecule has 0 spiro atoms. The number of hydrogen-bond acceptors (Lipinski definition) is 5. The van der Waals surface area contributed by atoms with Gasteiger partial charge in [-0.05, 0) is 37.1 Å². The molecule has 1 aliphatic rings. The lowest BCUT2D eigenvalue weighted by atomic mass is 9.97. The second kappa shape index (κ2) is 8.96. The number of nitrogens with one attached hydrogen (secondary N) is 2. The molecule has 0 unspecified atom stereocenters. The van der Waals surface area contributed by atoms with E-state index in [9.17, 15) is 22.8 Å². The molecule has 3 N–H and O–H groups in total. The number of piperidine rings is 1. The van der Waals surface area contributed by atoms with Crippen LogP contribution < -0.4 is 10.6 Å². The molecule has 0 atom stereocenters. The van der Waals surface area contributed by atoms with Gasteiger partial charge >= 0.3 is 5.97 Å². The number of carboxylic acid groups (broad SMARTS) is 1. The summed E-state index contributed by atoms with van der Waals surface area (Å²) in [5.41, 5.74) is 0.512. The Balaban J connectivity index is 1.93. The minimum atomic E-state index is -3.67. The van der Waals surface area contributed by atoms with Gasteiger partial charge in [0.05, 0.1) is 11.3 Å². The van der Waals surface area contributed by atoms with Crippen LogP contribution in [0.4, 0.5) is 5.69 Å². The van der Waals surface area contributed by atoms with E-state index < -0.39 is 16.0 Å². The molecule has 1 aromatic carbocycles. The fourth-order valence-corrected chi connectivity index (χ4v) is 4.33. The summed E-state index contributed by atoms with van der Waals surface area (Å²) in [6, 6.07) is 5.92. The van der Waals surface area contributed by atoms with Crippen LogP contribution in [-0.4, -0.2) is 55.2 Å². The summed E-state index contributed by atoms with van der Waals surface area (Å²) in [7, 11) is -3.67. The van der Waals surface area contributed by atoms with Gasteiger partial charge in [0.15, 0.2) is 0 Å². The number of carboxylic acids is 1. The number of amides is 2. The van der Waals surface area contributed by atoms with Crippen LogP contribution in [0.15, 0.2) is 29.2 Å². The average molecular weight is 397 g/mol. The van der Waals surface area contributed by atoms with Crippen molar-refractivity contribution in [3.63, 3.8) is 0 Å². The smallest absolute Gasteiger partial charge is 0.305 e. The maximum Gasteiger partial charge on any atom is 0.305 e. The zero-order chi connectivity index (χ0) is 20.0. The van der Waals surface area contributed by atoms with Gasteiger partial charge in [-0.1, -0.05) is 0 Å². The highest BCUT2D eigenvalue weighted by Crippen LogP contribution is 2.24. The molecule has 1 saturated heterocycles. The van der Waals surface area contributed by atoms with E-state index in [0.29, 0.717) is 18.5 Å². The first-order chi connectivity index (χ1) is 12.7. The third kappa shape index (κ3) is 5.76. The number of benzene rings is 1. The number of carbonyl (C=O) groups is 3. The summed E-state index contributed by atoms with van der Waals surface area (Å²) >= 11 is 0. The second-order valence-electron chi connectivity index (χ2n) is 6.32. The van der Waals surface area contributed by atoms with Crippen LogP contribution in [-0.2, 0) is 24.4 Å².